The van der Waals surface area contributed by atoms with E-state index in [1.165, 1.54) is 47.2 Å². The molecule has 4 aromatic rings. The quantitative estimate of drug-likeness (QED) is 0.105. The van der Waals surface area contributed by atoms with E-state index in [0.29, 0.717) is 68.6 Å². The molecule has 5 N–H and O–H groups in total. The second-order valence-corrected chi connectivity index (χ2v) is 17.0. The highest BCUT2D eigenvalue weighted by Crippen LogP contribution is 2.34. The first kappa shape index (κ1) is 51.3. The van der Waals surface area contributed by atoms with Gasteiger partial charge < -0.3 is 36.1 Å². The number of nitrogens with one attached hydrogen (secondary N) is 1. The molecule has 0 radical (unpaired) electrons. The summed E-state index contributed by atoms with van der Waals surface area (Å²) in [6.07, 6.45) is 9.47. The fourth-order valence-corrected chi connectivity index (χ4v) is 8.55. The number of fused-ring (bicyclic) bond motifs is 4. The molecule has 2 aromatic carbocycles. The van der Waals surface area contributed by atoms with Crippen LogP contribution in [0.2, 0.25) is 0 Å². The van der Waals surface area contributed by atoms with Crippen molar-refractivity contribution in [3.05, 3.63) is 80.9 Å². The number of nitrogens with two attached hydrogens (primary N) is 2. The molecule has 0 amide bonds. The Morgan fingerprint density at radius 3 is 1.70 bits per heavy atom. The highest BCUT2D eigenvalue weighted by atomic mass is 16.5. The van der Waals surface area contributed by atoms with Crippen LogP contribution in [-0.2, 0) is 61.5 Å². The zero-order valence-electron chi connectivity index (χ0n) is 35.3. The molecule has 1 saturated carbocycles. The Balaban J connectivity index is 0.000000266. The van der Waals surface area contributed by atoms with E-state index < -0.39 is 0 Å². The van der Waals surface area contributed by atoms with Gasteiger partial charge in [-0.3, -0.25) is 14.5 Å². The van der Waals surface area contributed by atoms with E-state index in [0.717, 1.165) is 93.4 Å². The van der Waals surface area contributed by atoms with E-state index in [1.807, 2.05) is 9.80 Å². The fraction of sp³-hybridized carbons (Fsp3) is 0.560. The number of hydrogen-bond donors (Lipinski definition) is 3. The average molecular weight is 881 g/mol. The molecular formula is C50H76N10O4. The maximum atomic E-state index is 12.5. The lowest BCUT2D eigenvalue weighted by molar-refractivity contribution is -0.118. The third kappa shape index (κ3) is 12.7. The Labute approximate surface area is 382 Å². The number of benzene rings is 2. The Bertz CT molecular complexity index is 2190. The van der Waals surface area contributed by atoms with E-state index in [-0.39, 0.29) is 54.1 Å². The first-order valence-corrected chi connectivity index (χ1v) is 22.0. The van der Waals surface area contributed by atoms with Gasteiger partial charge in [0.2, 0.25) is 0 Å². The topological polar surface area (TPSA) is 178 Å². The molecule has 0 bridgehead atoms. The van der Waals surface area contributed by atoms with Crippen LogP contribution < -0.4 is 36.1 Å². The lowest BCUT2D eigenvalue weighted by Gasteiger charge is -2.31. The number of carbonyl (C=O) groups excluding carboxylic acids is 2. The van der Waals surface area contributed by atoms with Gasteiger partial charge in [-0.05, 0) is 84.4 Å². The third-order valence-electron chi connectivity index (χ3n) is 12.0. The Morgan fingerprint density at radius 2 is 1.19 bits per heavy atom. The molecule has 2 aromatic heterocycles. The molecule has 64 heavy (non-hydrogen) atoms. The van der Waals surface area contributed by atoms with Crippen LogP contribution in [0, 0.1) is 5.92 Å². The molecule has 6 heterocycles. The number of ether oxygens (including phenoxy) is 2. The first-order valence-electron chi connectivity index (χ1n) is 22.0. The summed E-state index contributed by atoms with van der Waals surface area (Å²) in [5.41, 5.74) is 21.7. The SMILES string of the molecule is C.C.C.C.CCCCOc1nc(N)c2c(n1)N(Cc1ccc3c(c1)CN(CC1CC1)CC3)CC(=O)C2.CCCCOc1nc(N)c2c(n1)N(Cc1ccc3c(c1)CNCC3)CC(=O)C2. The van der Waals surface area contributed by atoms with Crippen molar-refractivity contribution in [3.8, 4) is 12.0 Å². The van der Waals surface area contributed by atoms with Crippen LogP contribution in [0.5, 0.6) is 12.0 Å². The van der Waals surface area contributed by atoms with Crippen molar-refractivity contribution in [3.63, 3.8) is 0 Å². The molecule has 4 aliphatic heterocycles. The van der Waals surface area contributed by atoms with E-state index >= 15 is 0 Å². The van der Waals surface area contributed by atoms with E-state index in [4.69, 9.17) is 20.9 Å². The van der Waals surface area contributed by atoms with Crippen LogP contribution in [0.4, 0.5) is 23.3 Å². The predicted octanol–water partition coefficient (Wildman–Crippen LogP) is 7.70. The maximum Gasteiger partial charge on any atom is 0.320 e. The van der Waals surface area contributed by atoms with Crippen molar-refractivity contribution in [2.24, 2.45) is 5.92 Å². The van der Waals surface area contributed by atoms with Crippen LogP contribution in [0.15, 0.2) is 36.4 Å². The van der Waals surface area contributed by atoms with Crippen molar-refractivity contribution >= 4 is 34.8 Å². The fourth-order valence-electron chi connectivity index (χ4n) is 8.55. The summed E-state index contributed by atoms with van der Waals surface area (Å²) in [6, 6.07) is 13.9. The van der Waals surface area contributed by atoms with Crippen LogP contribution in [-0.4, -0.2) is 82.3 Å². The molecule has 14 heteroatoms. The summed E-state index contributed by atoms with van der Waals surface area (Å²) in [7, 11) is 0. The smallest absolute Gasteiger partial charge is 0.320 e. The summed E-state index contributed by atoms with van der Waals surface area (Å²) < 4.78 is 11.4. The van der Waals surface area contributed by atoms with Gasteiger partial charge in [0.25, 0.3) is 0 Å². The normalized spacial score (nSPS) is 16.2. The molecular weight excluding hydrogens is 805 g/mol. The van der Waals surface area contributed by atoms with Gasteiger partial charge in [-0.15, -0.1) is 0 Å². The monoisotopic (exact) mass is 881 g/mol. The maximum absolute atomic E-state index is 12.5. The van der Waals surface area contributed by atoms with Crippen molar-refractivity contribution in [2.75, 3.05) is 67.2 Å². The van der Waals surface area contributed by atoms with E-state index in [2.05, 4.69) is 80.4 Å². The van der Waals surface area contributed by atoms with Crippen molar-refractivity contribution in [2.45, 2.75) is 134 Å². The highest BCUT2D eigenvalue weighted by Gasteiger charge is 2.30. The lowest BCUT2D eigenvalue weighted by Crippen LogP contribution is -2.37. The summed E-state index contributed by atoms with van der Waals surface area (Å²) >= 11 is 0. The molecule has 5 aliphatic rings. The number of Topliss-reactive ketones (excluding diaryl/α,β-unsaturated/α-hetero) is 2. The van der Waals surface area contributed by atoms with Gasteiger partial charge >= 0.3 is 12.0 Å². The van der Waals surface area contributed by atoms with Gasteiger partial charge in [-0.1, -0.05) is 92.8 Å². The summed E-state index contributed by atoms with van der Waals surface area (Å²) in [5.74, 6) is 3.31. The molecule has 0 unspecified atom stereocenters. The lowest BCUT2D eigenvalue weighted by atomic mass is 9.96. The van der Waals surface area contributed by atoms with Gasteiger partial charge in [-0.2, -0.15) is 19.9 Å². The van der Waals surface area contributed by atoms with Crippen LogP contribution in [0.25, 0.3) is 0 Å². The molecule has 350 valence electrons. The average Bonchev–Trinajstić information content (AvgIpc) is 4.06. The van der Waals surface area contributed by atoms with Gasteiger partial charge in [0.1, 0.15) is 23.3 Å². The number of aromatic nitrogens is 4. The first-order chi connectivity index (χ1) is 29.2. The number of hydrogen-bond acceptors (Lipinski definition) is 14. The number of nitrogens with zero attached hydrogens (tertiary/aromatic N) is 7. The Kier molecular flexibility index (Phi) is 18.9. The molecule has 1 aliphatic carbocycles. The minimum absolute atomic E-state index is 0. The highest BCUT2D eigenvalue weighted by molar-refractivity contribution is 5.92. The molecule has 9 rings (SSSR count). The van der Waals surface area contributed by atoms with Gasteiger partial charge in [0.05, 0.1) is 26.3 Å². The number of anilines is 4. The number of nitrogen functional groups attached to an aromatic ring is 2. The number of rotatable bonds is 14. The largest absolute Gasteiger partial charge is 0.463 e. The van der Waals surface area contributed by atoms with Gasteiger partial charge in [0.15, 0.2) is 11.6 Å². The van der Waals surface area contributed by atoms with Crippen LogP contribution >= 0.6 is 0 Å². The van der Waals surface area contributed by atoms with Crippen LogP contribution in [0.3, 0.4) is 0 Å². The molecule has 1 fully saturated rings. The van der Waals surface area contributed by atoms with Crippen LogP contribution in [0.1, 0.15) is 127 Å². The Hall–Kier alpha value is -5.34. The summed E-state index contributed by atoms with van der Waals surface area (Å²) in [6.45, 7) is 12.6. The zero-order chi connectivity index (χ0) is 41.6. The Morgan fingerprint density at radius 1 is 0.672 bits per heavy atom. The summed E-state index contributed by atoms with van der Waals surface area (Å²) in [4.78, 5) is 49.2. The second kappa shape index (κ2) is 23.5. The predicted molar refractivity (Wildman–Crippen MR) is 260 cm³/mol. The van der Waals surface area contributed by atoms with Crippen molar-refractivity contribution in [1.82, 2.24) is 30.2 Å². The van der Waals surface area contributed by atoms with E-state index in [9.17, 15) is 9.59 Å². The van der Waals surface area contributed by atoms with Crippen molar-refractivity contribution < 1.29 is 19.1 Å². The molecule has 14 nitrogen and oxygen atoms in total. The zero-order valence-corrected chi connectivity index (χ0v) is 35.3. The standard InChI is InChI=1S/C25H33N5O2.C21H27N5O2.4CH4/c1-2-3-10-32-25-27-23(26)22-12-21(31)16-30(24(22)28-25)14-18-6-7-19-8-9-29(13-17-4-5-17)15-20(19)11-18;1-2-3-8-28-21-24-19(22)18-10-17(27)13-26(20(18)25-21)12-14-4-5-15-6-7-23-11-16(15)9-14;;;;/h6-7,11,17H,2-5,8-10,12-16H2,1H3,(H2,26,27,28);4-5,9,23H,2-3,6-8,10-13H2,1H3,(H2,22,24,25);4*1H4. The number of unbranched alkanes of at least 4 members (excludes halogenated alkanes) is 2. The number of carbonyl (C=O) groups is 2. The summed E-state index contributed by atoms with van der Waals surface area (Å²) in [5, 5.41) is 3.41. The van der Waals surface area contributed by atoms with E-state index in [1.54, 1.807) is 0 Å². The second-order valence-electron chi connectivity index (χ2n) is 17.0. The van der Waals surface area contributed by atoms with Crippen molar-refractivity contribution in [1.29, 1.82) is 0 Å². The minimum atomic E-state index is 0. The molecule has 0 atom stereocenters. The number of ketones is 2. The van der Waals surface area contributed by atoms with Gasteiger partial charge in [-0.25, -0.2) is 0 Å². The van der Waals surface area contributed by atoms with Gasteiger partial charge in [0, 0.05) is 63.2 Å². The molecule has 0 spiro atoms. The minimum Gasteiger partial charge on any atom is -0.463 e. The molecule has 0 saturated heterocycles. The third-order valence-corrected chi connectivity index (χ3v) is 12.0.